The van der Waals surface area contributed by atoms with Crippen LogP contribution in [0.4, 0.5) is 17.1 Å². The number of anilines is 3. The summed E-state index contributed by atoms with van der Waals surface area (Å²) in [5.74, 6) is 1.46. The Kier molecular flexibility index (Phi) is 5.24. The van der Waals surface area contributed by atoms with Crippen LogP contribution in [0.2, 0.25) is 5.02 Å². The second-order valence-corrected chi connectivity index (χ2v) is 9.61. The molecule has 1 aliphatic heterocycles. The first-order chi connectivity index (χ1) is 14.5. The van der Waals surface area contributed by atoms with Crippen molar-refractivity contribution in [1.29, 1.82) is 0 Å². The van der Waals surface area contributed by atoms with Crippen molar-refractivity contribution in [2.24, 2.45) is 5.41 Å². The minimum Gasteiger partial charge on any atom is -0.464 e. The Balaban J connectivity index is 1.70. The van der Waals surface area contributed by atoms with Crippen LogP contribution >= 0.6 is 11.6 Å². The molecule has 4 rings (SSSR count). The highest BCUT2D eigenvalue weighted by Crippen LogP contribution is 2.42. The molecule has 3 N–H and O–H groups in total. The largest absolute Gasteiger partial charge is 0.464 e. The molecule has 1 aliphatic rings. The van der Waals surface area contributed by atoms with Gasteiger partial charge >= 0.3 is 0 Å². The number of aliphatic hydroxyl groups is 1. The highest BCUT2D eigenvalue weighted by Gasteiger charge is 2.34. The van der Waals surface area contributed by atoms with Gasteiger partial charge in [-0.2, -0.15) is 0 Å². The molecule has 2 heterocycles. The van der Waals surface area contributed by atoms with Crippen molar-refractivity contribution in [1.82, 2.24) is 4.90 Å². The molecular formula is C23H26ClN3O4. The Labute approximate surface area is 185 Å². The maximum atomic E-state index is 12.4. The van der Waals surface area contributed by atoms with Gasteiger partial charge in [-0.25, -0.2) is 0 Å². The summed E-state index contributed by atoms with van der Waals surface area (Å²) in [6.45, 7) is 8.43. The molecule has 164 valence electrons. The van der Waals surface area contributed by atoms with E-state index in [1.807, 2.05) is 39.8 Å². The van der Waals surface area contributed by atoms with E-state index in [-0.39, 0.29) is 22.8 Å². The molecule has 2 aromatic carbocycles. The molecule has 0 amide bonds. The van der Waals surface area contributed by atoms with Gasteiger partial charge in [-0.3, -0.25) is 14.5 Å². The second kappa shape index (κ2) is 7.51. The van der Waals surface area contributed by atoms with Gasteiger partial charge in [0.15, 0.2) is 0 Å². The minimum absolute atomic E-state index is 0.175. The lowest BCUT2D eigenvalue weighted by Crippen LogP contribution is -2.39. The summed E-state index contributed by atoms with van der Waals surface area (Å²) in [6.07, 6.45) is -0.854. The molecule has 0 radical (unpaired) electrons. The van der Waals surface area contributed by atoms with E-state index in [2.05, 4.69) is 10.6 Å². The number of furan rings is 1. The number of fused-ring (bicyclic) bond motifs is 1. The fourth-order valence-corrected chi connectivity index (χ4v) is 4.23. The third-order valence-electron chi connectivity index (χ3n) is 5.75. The molecule has 0 saturated heterocycles. The average molecular weight is 444 g/mol. The fraction of sp³-hybridized carbons (Fsp3) is 0.391. The van der Waals surface area contributed by atoms with Gasteiger partial charge in [0.05, 0.1) is 6.04 Å². The van der Waals surface area contributed by atoms with Crippen molar-refractivity contribution in [3.8, 4) is 0 Å². The predicted octanol–water partition coefficient (Wildman–Crippen LogP) is 4.22. The van der Waals surface area contributed by atoms with E-state index in [1.54, 1.807) is 24.1 Å². The highest BCUT2D eigenvalue weighted by atomic mass is 35.5. The topological polar surface area (TPSA) is 94.8 Å². The van der Waals surface area contributed by atoms with Crippen LogP contribution in [-0.2, 0) is 6.54 Å². The first kappa shape index (κ1) is 21.6. The molecule has 2 atom stereocenters. The molecule has 1 unspecified atom stereocenters. The number of hydrogen-bond donors (Lipinski definition) is 3. The molecule has 31 heavy (non-hydrogen) atoms. The van der Waals surface area contributed by atoms with E-state index in [9.17, 15) is 14.7 Å². The monoisotopic (exact) mass is 443 g/mol. The summed E-state index contributed by atoms with van der Waals surface area (Å²) in [5.41, 5.74) is 0.877. The van der Waals surface area contributed by atoms with Gasteiger partial charge in [0, 0.05) is 22.8 Å². The summed E-state index contributed by atoms with van der Waals surface area (Å²) in [5, 5.41) is 17.4. The van der Waals surface area contributed by atoms with Crippen LogP contribution in [0.25, 0.3) is 0 Å². The molecule has 0 fully saturated rings. The molecule has 8 heteroatoms. The summed E-state index contributed by atoms with van der Waals surface area (Å²) < 4.78 is 5.80. The SMILES string of the molecule is Cc1ccc([C@H](Nc2c(Nc3ccc(Cl)c4c3C(O)N(C)C4)c(=O)c2=O)C(C)(C)C)o1. The van der Waals surface area contributed by atoms with Crippen LogP contribution in [0.15, 0.2) is 38.3 Å². The van der Waals surface area contributed by atoms with E-state index < -0.39 is 17.1 Å². The smallest absolute Gasteiger partial charge is 0.253 e. The molecule has 0 saturated carbocycles. The maximum Gasteiger partial charge on any atom is 0.253 e. The van der Waals surface area contributed by atoms with Gasteiger partial charge in [-0.1, -0.05) is 32.4 Å². The summed E-state index contributed by atoms with van der Waals surface area (Å²) in [4.78, 5) is 26.6. The van der Waals surface area contributed by atoms with E-state index in [1.165, 1.54) is 0 Å². The van der Waals surface area contributed by atoms with E-state index in [0.717, 1.165) is 11.3 Å². The van der Waals surface area contributed by atoms with Gasteiger partial charge in [-0.15, -0.1) is 0 Å². The van der Waals surface area contributed by atoms with E-state index in [4.69, 9.17) is 16.0 Å². The van der Waals surface area contributed by atoms with Crippen LogP contribution in [0.5, 0.6) is 0 Å². The van der Waals surface area contributed by atoms with Gasteiger partial charge in [0.2, 0.25) is 0 Å². The van der Waals surface area contributed by atoms with Crippen molar-refractivity contribution < 1.29 is 9.52 Å². The van der Waals surface area contributed by atoms with Crippen LogP contribution in [0.3, 0.4) is 0 Å². The normalized spacial score (nSPS) is 17.7. The third-order valence-corrected chi connectivity index (χ3v) is 6.11. The molecule has 7 nitrogen and oxygen atoms in total. The second-order valence-electron chi connectivity index (χ2n) is 9.20. The van der Waals surface area contributed by atoms with Gasteiger partial charge < -0.3 is 20.2 Å². The molecule has 0 aliphatic carbocycles. The lowest BCUT2D eigenvalue weighted by molar-refractivity contribution is 0.0342. The van der Waals surface area contributed by atoms with Crippen molar-refractivity contribution in [3.63, 3.8) is 0 Å². The Morgan fingerprint density at radius 1 is 1.16 bits per heavy atom. The average Bonchev–Trinajstić information content (AvgIpc) is 3.25. The number of benzene rings is 1. The molecule has 3 aromatic rings. The van der Waals surface area contributed by atoms with Crippen LogP contribution < -0.4 is 21.5 Å². The quantitative estimate of drug-likeness (QED) is 0.508. The number of halogens is 1. The molecule has 1 aromatic heterocycles. The highest BCUT2D eigenvalue weighted by molar-refractivity contribution is 6.31. The van der Waals surface area contributed by atoms with Crippen molar-refractivity contribution in [2.75, 3.05) is 17.7 Å². The maximum absolute atomic E-state index is 12.4. The zero-order chi connectivity index (χ0) is 22.7. The number of nitrogens with zero attached hydrogens (tertiary/aromatic N) is 1. The number of nitrogens with one attached hydrogen (secondary N) is 2. The summed E-state index contributed by atoms with van der Waals surface area (Å²) >= 11 is 6.30. The fourth-order valence-electron chi connectivity index (χ4n) is 4.01. The van der Waals surface area contributed by atoms with E-state index >= 15 is 0 Å². The Bertz CT molecular complexity index is 1220. The van der Waals surface area contributed by atoms with Crippen LogP contribution in [0, 0.1) is 12.3 Å². The summed E-state index contributed by atoms with van der Waals surface area (Å²) in [6, 6.07) is 6.84. The van der Waals surface area contributed by atoms with Crippen molar-refractivity contribution >= 4 is 28.7 Å². The zero-order valence-corrected chi connectivity index (χ0v) is 18.9. The molecule has 0 spiro atoms. The first-order valence-electron chi connectivity index (χ1n) is 10.1. The lowest BCUT2D eigenvalue weighted by Gasteiger charge is -2.31. The third kappa shape index (κ3) is 3.67. The number of hydrogen-bond acceptors (Lipinski definition) is 7. The minimum atomic E-state index is -0.854. The number of rotatable bonds is 5. The van der Waals surface area contributed by atoms with Gasteiger partial charge in [-0.05, 0) is 49.2 Å². The predicted molar refractivity (Wildman–Crippen MR) is 122 cm³/mol. The zero-order valence-electron chi connectivity index (χ0n) is 18.2. The van der Waals surface area contributed by atoms with E-state index in [0.29, 0.717) is 28.6 Å². The van der Waals surface area contributed by atoms with Crippen molar-refractivity contribution in [2.45, 2.75) is 46.5 Å². The summed E-state index contributed by atoms with van der Waals surface area (Å²) in [7, 11) is 1.79. The first-order valence-corrected chi connectivity index (χ1v) is 10.5. The standard InChI is InChI=1S/C23H26ClN3O4/c1-11-6-9-15(31-11)21(23(2,3)4)26-18-17(19(28)20(18)29)25-14-8-7-13(24)12-10-27(5)22(30)16(12)14/h6-9,21-22,25-26,30H,10H2,1-5H3/t21-,22?/m0/s1. The Morgan fingerprint density at radius 2 is 1.84 bits per heavy atom. The Morgan fingerprint density at radius 3 is 2.45 bits per heavy atom. The Hall–Kier alpha value is -2.61. The molecular weight excluding hydrogens is 418 g/mol. The lowest BCUT2D eigenvalue weighted by atomic mass is 9.85. The van der Waals surface area contributed by atoms with Crippen LogP contribution in [0.1, 0.15) is 55.7 Å². The van der Waals surface area contributed by atoms with Crippen molar-refractivity contribution in [3.05, 3.63) is 72.4 Å². The molecule has 0 bridgehead atoms. The van der Waals surface area contributed by atoms with Gasteiger partial charge in [0.1, 0.15) is 29.1 Å². The number of aryl methyl sites for hydroxylation is 1. The van der Waals surface area contributed by atoms with Crippen LogP contribution in [-0.4, -0.2) is 17.1 Å². The number of aliphatic hydroxyl groups excluding tert-OH is 1. The van der Waals surface area contributed by atoms with Gasteiger partial charge in [0.25, 0.3) is 10.9 Å².